The minimum absolute atomic E-state index is 0.0124. The molecule has 1 saturated heterocycles. The summed E-state index contributed by atoms with van der Waals surface area (Å²) in [5.41, 5.74) is 0.433. The SMILES string of the molecule is COc1ccc(COCCCNC(=O)C2(OC)CCNCC2)cc1. The summed E-state index contributed by atoms with van der Waals surface area (Å²) in [7, 11) is 3.26. The molecular formula is C18H28N2O4. The van der Waals surface area contributed by atoms with Crippen LogP contribution < -0.4 is 15.4 Å². The molecule has 0 bridgehead atoms. The predicted octanol–water partition coefficient (Wildman–Crippen LogP) is 1.49. The standard InChI is InChI=1S/C18H28N2O4/c1-22-16-6-4-15(5-7-16)14-24-13-3-10-20-17(21)18(23-2)8-11-19-12-9-18/h4-7,19H,3,8-14H2,1-2H3,(H,20,21). The predicted molar refractivity (Wildman–Crippen MR) is 92.1 cm³/mol. The van der Waals surface area contributed by atoms with Gasteiger partial charge in [0.05, 0.1) is 13.7 Å². The van der Waals surface area contributed by atoms with Crippen molar-refractivity contribution in [3.8, 4) is 5.75 Å². The zero-order valence-corrected chi connectivity index (χ0v) is 14.6. The van der Waals surface area contributed by atoms with Crippen LogP contribution in [0.1, 0.15) is 24.8 Å². The van der Waals surface area contributed by atoms with E-state index in [-0.39, 0.29) is 5.91 Å². The number of piperidine rings is 1. The van der Waals surface area contributed by atoms with Gasteiger partial charge in [-0.2, -0.15) is 0 Å². The lowest BCUT2D eigenvalue weighted by Gasteiger charge is -2.34. The molecule has 0 aromatic heterocycles. The quantitative estimate of drug-likeness (QED) is 0.669. The Morgan fingerprint density at radius 3 is 2.54 bits per heavy atom. The first-order valence-corrected chi connectivity index (χ1v) is 8.45. The van der Waals surface area contributed by atoms with E-state index in [1.807, 2.05) is 24.3 Å². The molecule has 2 N–H and O–H groups in total. The van der Waals surface area contributed by atoms with Gasteiger partial charge in [-0.1, -0.05) is 12.1 Å². The van der Waals surface area contributed by atoms with E-state index >= 15 is 0 Å². The van der Waals surface area contributed by atoms with Crippen LogP contribution in [0.4, 0.5) is 0 Å². The van der Waals surface area contributed by atoms with Crippen LogP contribution in [0, 0.1) is 0 Å². The largest absolute Gasteiger partial charge is 0.497 e. The first-order valence-electron chi connectivity index (χ1n) is 8.45. The van der Waals surface area contributed by atoms with Gasteiger partial charge in [0.2, 0.25) is 0 Å². The Morgan fingerprint density at radius 2 is 1.92 bits per heavy atom. The monoisotopic (exact) mass is 336 g/mol. The zero-order chi connectivity index (χ0) is 17.3. The molecular weight excluding hydrogens is 308 g/mol. The van der Waals surface area contributed by atoms with Gasteiger partial charge < -0.3 is 24.8 Å². The number of carbonyl (C=O) groups excluding carboxylic acids is 1. The van der Waals surface area contributed by atoms with E-state index < -0.39 is 5.60 Å². The minimum Gasteiger partial charge on any atom is -0.497 e. The number of rotatable bonds is 9. The third kappa shape index (κ3) is 5.19. The van der Waals surface area contributed by atoms with Crippen LogP contribution in [0.2, 0.25) is 0 Å². The Bertz CT molecular complexity index is 498. The highest BCUT2D eigenvalue weighted by Gasteiger charge is 2.39. The van der Waals surface area contributed by atoms with Crippen LogP contribution in [0.15, 0.2) is 24.3 Å². The third-order valence-electron chi connectivity index (χ3n) is 4.39. The number of ether oxygens (including phenoxy) is 3. The van der Waals surface area contributed by atoms with Crippen molar-refractivity contribution in [2.75, 3.05) is 40.5 Å². The Kier molecular flexibility index (Phi) is 7.49. The van der Waals surface area contributed by atoms with Gasteiger partial charge >= 0.3 is 0 Å². The fourth-order valence-corrected chi connectivity index (χ4v) is 2.80. The maximum Gasteiger partial charge on any atom is 0.252 e. The molecule has 0 saturated carbocycles. The number of nitrogens with one attached hydrogen (secondary N) is 2. The molecule has 6 heteroatoms. The van der Waals surface area contributed by atoms with Gasteiger partial charge in [0.25, 0.3) is 5.91 Å². The first kappa shape index (κ1) is 18.7. The number of methoxy groups -OCH3 is 2. The molecule has 1 aliphatic heterocycles. The maximum absolute atomic E-state index is 12.3. The van der Waals surface area contributed by atoms with Gasteiger partial charge in [0, 0.05) is 20.3 Å². The van der Waals surface area contributed by atoms with Crippen molar-refractivity contribution in [1.29, 1.82) is 0 Å². The van der Waals surface area contributed by atoms with E-state index in [9.17, 15) is 4.79 Å². The summed E-state index contributed by atoms with van der Waals surface area (Å²) < 4.78 is 16.3. The van der Waals surface area contributed by atoms with Gasteiger partial charge in [-0.05, 0) is 50.0 Å². The molecule has 1 aliphatic rings. The lowest BCUT2D eigenvalue weighted by atomic mass is 9.91. The van der Waals surface area contributed by atoms with Crippen LogP contribution in [0.3, 0.4) is 0 Å². The van der Waals surface area contributed by atoms with Gasteiger partial charge in [-0.15, -0.1) is 0 Å². The lowest BCUT2D eigenvalue weighted by molar-refractivity contribution is -0.146. The maximum atomic E-state index is 12.3. The van der Waals surface area contributed by atoms with Crippen molar-refractivity contribution in [2.24, 2.45) is 0 Å². The third-order valence-corrected chi connectivity index (χ3v) is 4.39. The van der Waals surface area contributed by atoms with E-state index in [0.29, 0.717) is 32.6 Å². The fraction of sp³-hybridized carbons (Fsp3) is 0.611. The molecule has 6 nitrogen and oxygen atoms in total. The molecule has 24 heavy (non-hydrogen) atoms. The average Bonchev–Trinajstić information content (AvgIpc) is 2.65. The Hall–Kier alpha value is -1.63. The molecule has 0 spiro atoms. The lowest BCUT2D eigenvalue weighted by Crippen LogP contribution is -2.54. The highest BCUT2D eigenvalue weighted by Crippen LogP contribution is 2.22. The summed E-state index contributed by atoms with van der Waals surface area (Å²) >= 11 is 0. The number of benzene rings is 1. The van der Waals surface area contributed by atoms with Crippen molar-refractivity contribution in [3.05, 3.63) is 29.8 Å². The molecule has 134 valence electrons. The molecule has 0 aliphatic carbocycles. The Balaban J connectivity index is 1.61. The summed E-state index contributed by atoms with van der Waals surface area (Å²) in [5.74, 6) is 0.827. The van der Waals surface area contributed by atoms with E-state index in [4.69, 9.17) is 14.2 Å². The second-order valence-electron chi connectivity index (χ2n) is 5.96. The summed E-state index contributed by atoms with van der Waals surface area (Å²) in [4.78, 5) is 12.3. The molecule has 2 rings (SSSR count). The van der Waals surface area contributed by atoms with E-state index in [2.05, 4.69) is 10.6 Å². The molecule has 1 fully saturated rings. The summed E-state index contributed by atoms with van der Waals surface area (Å²) in [5, 5.41) is 6.22. The topological polar surface area (TPSA) is 68.8 Å². The fourth-order valence-electron chi connectivity index (χ4n) is 2.80. The molecule has 1 aromatic carbocycles. The van der Waals surface area contributed by atoms with Crippen molar-refractivity contribution in [3.63, 3.8) is 0 Å². The number of carbonyl (C=O) groups is 1. The van der Waals surface area contributed by atoms with Crippen molar-refractivity contribution in [2.45, 2.75) is 31.5 Å². The van der Waals surface area contributed by atoms with Gasteiger partial charge in [0.15, 0.2) is 0 Å². The molecule has 1 amide bonds. The highest BCUT2D eigenvalue weighted by atomic mass is 16.5. The van der Waals surface area contributed by atoms with Gasteiger partial charge in [-0.25, -0.2) is 0 Å². The molecule has 1 heterocycles. The first-order chi connectivity index (χ1) is 11.7. The van der Waals surface area contributed by atoms with Crippen molar-refractivity contribution >= 4 is 5.91 Å². The minimum atomic E-state index is -0.671. The summed E-state index contributed by atoms with van der Waals surface area (Å²) in [6.45, 7) is 3.39. The van der Waals surface area contributed by atoms with E-state index in [1.165, 1.54) is 0 Å². The van der Waals surface area contributed by atoms with Crippen LogP contribution in [-0.4, -0.2) is 52.0 Å². The zero-order valence-electron chi connectivity index (χ0n) is 14.6. The van der Waals surface area contributed by atoms with Crippen molar-refractivity contribution < 1.29 is 19.0 Å². The molecule has 0 radical (unpaired) electrons. The van der Waals surface area contributed by atoms with Crippen molar-refractivity contribution in [1.82, 2.24) is 10.6 Å². The second-order valence-corrected chi connectivity index (χ2v) is 5.96. The molecule has 0 atom stereocenters. The van der Waals surface area contributed by atoms with Gasteiger partial charge in [0.1, 0.15) is 11.4 Å². The second kappa shape index (κ2) is 9.61. The average molecular weight is 336 g/mol. The summed E-state index contributed by atoms with van der Waals surface area (Å²) in [6.07, 6.45) is 2.20. The number of hydrogen-bond acceptors (Lipinski definition) is 5. The van der Waals surface area contributed by atoms with Crippen LogP contribution in [0.5, 0.6) is 5.75 Å². The van der Waals surface area contributed by atoms with Crippen LogP contribution in [-0.2, 0) is 20.9 Å². The summed E-state index contributed by atoms with van der Waals surface area (Å²) in [6, 6.07) is 7.81. The normalized spacial score (nSPS) is 16.6. The van der Waals surface area contributed by atoms with Crippen LogP contribution in [0.25, 0.3) is 0 Å². The number of amides is 1. The Morgan fingerprint density at radius 1 is 1.21 bits per heavy atom. The van der Waals surface area contributed by atoms with E-state index in [0.717, 1.165) is 30.8 Å². The Labute approximate surface area is 143 Å². The van der Waals surface area contributed by atoms with Gasteiger partial charge in [-0.3, -0.25) is 4.79 Å². The number of hydrogen-bond donors (Lipinski definition) is 2. The van der Waals surface area contributed by atoms with Crippen LogP contribution >= 0.6 is 0 Å². The van der Waals surface area contributed by atoms with E-state index in [1.54, 1.807) is 14.2 Å². The smallest absolute Gasteiger partial charge is 0.252 e. The molecule has 0 unspecified atom stereocenters. The highest BCUT2D eigenvalue weighted by molar-refractivity contribution is 5.85. The molecule has 1 aromatic rings.